The molecule has 2 aromatic heterocycles. The Balaban J connectivity index is 0.00000300. The second-order valence-corrected chi connectivity index (χ2v) is 7.92. The molecule has 2 N–H and O–H groups in total. The van der Waals surface area contributed by atoms with E-state index in [-0.39, 0.29) is 24.0 Å². The Labute approximate surface area is 193 Å². The fourth-order valence-electron chi connectivity index (χ4n) is 2.64. The molecule has 0 amide bonds. The zero-order valence-electron chi connectivity index (χ0n) is 17.3. The lowest BCUT2D eigenvalue weighted by Gasteiger charge is -2.10. The first-order valence-electron chi connectivity index (χ1n) is 9.51. The summed E-state index contributed by atoms with van der Waals surface area (Å²) < 4.78 is 5.61. The van der Waals surface area contributed by atoms with Crippen molar-refractivity contribution >= 4 is 41.3 Å². The number of rotatable bonds is 7. The van der Waals surface area contributed by atoms with Crippen LogP contribution in [0.15, 0.2) is 39.9 Å². The third kappa shape index (κ3) is 6.81. The Morgan fingerprint density at radius 2 is 1.86 bits per heavy atom. The average Bonchev–Trinajstić information content (AvgIpc) is 3.27. The summed E-state index contributed by atoms with van der Waals surface area (Å²) in [6, 6.07) is 8.13. The third-order valence-corrected chi connectivity index (χ3v) is 5.43. The molecule has 3 rings (SSSR count). The van der Waals surface area contributed by atoms with Crippen LogP contribution in [0.4, 0.5) is 0 Å². The molecule has 3 aromatic rings. The van der Waals surface area contributed by atoms with Gasteiger partial charge < -0.3 is 15.1 Å². The lowest BCUT2D eigenvalue weighted by Crippen LogP contribution is -2.38. The molecule has 0 aliphatic heterocycles. The number of halogens is 1. The van der Waals surface area contributed by atoms with Gasteiger partial charge in [-0.05, 0) is 39.8 Å². The van der Waals surface area contributed by atoms with Crippen LogP contribution in [0.25, 0.3) is 11.5 Å². The molecule has 0 fully saturated rings. The van der Waals surface area contributed by atoms with Crippen LogP contribution in [0, 0.1) is 20.8 Å². The van der Waals surface area contributed by atoms with Gasteiger partial charge in [-0.2, -0.15) is 0 Å². The highest BCUT2D eigenvalue weighted by Crippen LogP contribution is 2.19. The van der Waals surface area contributed by atoms with Gasteiger partial charge in [-0.3, -0.25) is 0 Å². The van der Waals surface area contributed by atoms with Crippen molar-refractivity contribution in [3.8, 4) is 11.5 Å². The smallest absolute Gasteiger partial charge is 0.226 e. The molecule has 0 bridgehead atoms. The molecule has 0 aliphatic carbocycles. The third-order valence-electron chi connectivity index (χ3n) is 4.30. The number of aromatic nitrogens is 2. The Morgan fingerprint density at radius 1 is 1.10 bits per heavy atom. The van der Waals surface area contributed by atoms with E-state index in [1.54, 1.807) is 17.6 Å². The predicted molar refractivity (Wildman–Crippen MR) is 130 cm³/mol. The van der Waals surface area contributed by atoms with Crippen LogP contribution in [-0.2, 0) is 13.0 Å². The lowest BCUT2D eigenvalue weighted by molar-refractivity contribution is 0.572. The predicted octanol–water partition coefficient (Wildman–Crippen LogP) is 4.64. The maximum atomic E-state index is 5.61. The summed E-state index contributed by atoms with van der Waals surface area (Å²) in [7, 11) is 0. The van der Waals surface area contributed by atoms with Gasteiger partial charge in [0.15, 0.2) is 5.96 Å². The summed E-state index contributed by atoms with van der Waals surface area (Å²) in [5.74, 6) is 1.39. The van der Waals surface area contributed by atoms with Crippen molar-refractivity contribution < 1.29 is 4.42 Å². The zero-order chi connectivity index (χ0) is 19.9. The minimum Gasteiger partial charge on any atom is -0.444 e. The fourth-order valence-corrected chi connectivity index (χ4v) is 3.58. The zero-order valence-corrected chi connectivity index (χ0v) is 20.4. The molecule has 0 aliphatic rings. The highest BCUT2D eigenvalue weighted by molar-refractivity contribution is 14.0. The van der Waals surface area contributed by atoms with Crippen LogP contribution >= 0.6 is 35.3 Å². The minimum absolute atomic E-state index is 0. The number of oxazole rings is 1. The van der Waals surface area contributed by atoms with Crippen LogP contribution in [0.3, 0.4) is 0 Å². The summed E-state index contributed by atoms with van der Waals surface area (Å²) in [6.07, 6.45) is 2.55. The van der Waals surface area contributed by atoms with E-state index in [2.05, 4.69) is 65.4 Å². The number of aliphatic imine (C=N–C) groups is 1. The Morgan fingerprint density at radius 3 is 2.52 bits per heavy atom. The van der Waals surface area contributed by atoms with E-state index >= 15 is 0 Å². The van der Waals surface area contributed by atoms with Gasteiger partial charge >= 0.3 is 0 Å². The second-order valence-electron chi connectivity index (χ2n) is 6.63. The maximum absolute atomic E-state index is 5.61. The van der Waals surface area contributed by atoms with Gasteiger partial charge in [0.05, 0.1) is 17.2 Å². The number of thiazole rings is 1. The summed E-state index contributed by atoms with van der Waals surface area (Å²) in [6.45, 7) is 10.3. The van der Waals surface area contributed by atoms with E-state index in [9.17, 15) is 0 Å². The van der Waals surface area contributed by atoms with Crippen molar-refractivity contribution in [2.45, 2.75) is 40.7 Å². The Hall–Kier alpha value is -1.94. The quantitative estimate of drug-likeness (QED) is 0.267. The van der Waals surface area contributed by atoms with E-state index in [4.69, 9.17) is 4.42 Å². The van der Waals surface area contributed by atoms with Crippen molar-refractivity contribution in [2.75, 3.05) is 13.1 Å². The number of guanidine groups is 1. The maximum Gasteiger partial charge on any atom is 0.226 e. The summed E-state index contributed by atoms with van der Waals surface area (Å²) in [4.78, 5) is 15.0. The average molecular weight is 525 g/mol. The monoisotopic (exact) mass is 525 g/mol. The molecule has 0 radical (unpaired) electrons. The topological polar surface area (TPSA) is 75.3 Å². The molecule has 0 saturated heterocycles. The first-order valence-corrected chi connectivity index (χ1v) is 10.3. The number of hydrogen-bond acceptors (Lipinski definition) is 5. The normalized spacial score (nSPS) is 11.2. The molecule has 2 heterocycles. The fraction of sp³-hybridized carbons (Fsp3) is 0.381. The SMILES string of the molecule is CCNC(=NCc1coc(-c2ccc(C)cc2)n1)NCCc1nc(C)c(C)s1.I. The molecule has 8 heteroatoms. The van der Waals surface area contributed by atoms with Gasteiger partial charge in [-0.25, -0.2) is 15.0 Å². The van der Waals surface area contributed by atoms with Gasteiger partial charge in [0.25, 0.3) is 0 Å². The van der Waals surface area contributed by atoms with Gasteiger partial charge in [0.2, 0.25) is 5.89 Å². The van der Waals surface area contributed by atoms with Gasteiger partial charge in [0, 0.05) is 30.0 Å². The second kappa shape index (κ2) is 11.3. The first kappa shape index (κ1) is 23.3. The largest absolute Gasteiger partial charge is 0.444 e. The molecule has 0 atom stereocenters. The number of aryl methyl sites for hydroxylation is 3. The Kier molecular flexibility index (Phi) is 9.09. The molecule has 29 heavy (non-hydrogen) atoms. The number of nitrogens with one attached hydrogen (secondary N) is 2. The van der Waals surface area contributed by atoms with Crippen molar-refractivity contribution in [3.05, 3.63) is 57.4 Å². The van der Waals surface area contributed by atoms with Crippen LogP contribution in [0.2, 0.25) is 0 Å². The van der Waals surface area contributed by atoms with Crippen LogP contribution < -0.4 is 10.6 Å². The summed E-state index contributed by atoms with van der Waals surface area (Å²) in [5.41, 5.74) is 4.11. The minimum atomic E-state index is 0. The summed E-state index contributed by atoms with van der Waals surface area (Å²) in [5, 5.41) is 7.77. The van der Waals surface area contributed by atoms with E-state index in [0.29, 0.717) is 12.4 Å². The Bertz CT molecular complexity index is 913. The van der Waals surface area contributed by atoms with Crippen molar-refractivity contribution in [3.63, 3.8) is 0 Å². The lowest BCUT2D eigenvalue weighted by atomic mass is 10.1. The van der Waals surface area contributed by atoms with E-state index < -0.39 is 0 Å². The molecule has 0 spiro atoms. The van der Waals surface area contributed by atoms with Crippen molar-refractivity contribution in [1.82, 2.24) is 20.6 Å². The number of hydrogen-bond donors (Lipinski definition) is 2. The van der Waals surface area contributed by atoms with Crippen molar-refractivity contribution in [2.24, 2.45) is 4.99 Å². The molecule has 0 saturated carbocycles. The van der Waals surface area contributed by atoms with E-state index in [0.717, 1.165) is 47.4 Å². The van der Waals surface area contributed by atoms with Crippen LogP contribution in [-0.4, -0.2) is 29.0 Å². The highest BCUT2D eigenvalue weighted by Gasteiger charge is 2.07. The first-order chi connectivity index (χ1) is 13.5. The molecule has 6 nitrogen and oxygen atoms in total. The van der Waals surface area contributed by atoms with E-state index in [1.807, 2.05) is 12.1 Å². The van der Waals surface area contributed by atoms with E-state index in [1.165, 1.54) is 10.4 Å². The molecule has 1 aromatic carbocycles. The van der Waals surface area contributed by atoms with Crippen molar-refractivity contribution in [1.29, 1.82) is 0 Å². The van der Waals surface area contributed by atoms with Gasteiger partial charge in [-0.1, -0.05) is 17.7 Å². The highest BCUT2D eigenvalue weighted by atomic mass is 127. The summed E-state index contributed by atoms with van der Waals surface area (Å²) >= 11 is 1.76. The molecule has 0 unspecified atom stereocenters. The molecular weight excluding hydrogens is 497 g/mol. The van der Waals surface area contributed by atoms with Crippen LogP contribution in [0.5, 0.6) is 0 Å². The molecular formula is C21H28IN5OS. The van der Waals surface area contributed by atoms with Gasteiger partial charge in [-0.15, -0.1) is 35.3 Å². The number of benzene rings is 1. The number of nitrogens with zero attached hydrogens (tertiary/aromatic N) is 3. The standard InChI is InChI=1S/C21H27N5OS.HI/c1-5-22-21(23-11-10-19-25-15(3)16(4)28-19)24-12-18-13-27-20(26-18)17-8-6-14(2)7-9-17;/h6-9,13H,5,10-12H2,1-4H3,(H2,22,23,24);1H. The van der Waals surface area contributed by atoms with Gasteiger partial charge in [0.1, 0.15) is 12.0 Å². The molecule has 156 valence electrons. The van der Waals surface area contributed by atoms with Crippen LogP contribution in [0.1, 0.15) is 33.8 Å².